The molecule has 0 saturated carbocycles. The highest BCUT2D eigenvalue weighted by Gasteiger charge is 2.18. The summed E-state index contributed by atoms with van der Waals surface area (Å²) in [5.41, 5.74) is 0. The maximum Gasteiger partial charge on any atom is 0.0933 e. The van der Waals surface area contributed by atoms with E-state index >= 15 is 0 Å². The van der Waals surface area contributed by atoms with Gasteiger partial charge >= 0.3 is 0 Å². The topological polar surface area (TPSA) is 35.9 Å². The second-order valence-electron chi connectivity index (χ2n) is 3.86. The molecule has 1 aliphatic rings. The molecule has 0 amide bonds. The van der Waals surface area contributed by atoms with Gasteiger partial charge in [0.05, 0.1) is 5.84 Å². The lowest BCUT2D eigenvalue weighted by Gasteiger charge is -2.22. The fraction of sp³-hybridized carbons (Fsp3) is 0.900. The van der Waals surface area contributed by atoms with E-state index in [1.54, 1.807) is 0 Å². The molecule has 0 radical (unpaired) electrons. The third-order valence-corrected chi connectivity index (χ3v) is 2.88. The first-order valence-electron chi connectivity index (χ1n) is 5.08. The number of amidine groups is 1. The molecule has 0 aromatic heterocycles. The highest BCUT2D eigenvalue weighted by atomic mass is 15.0. The molecule has 1 fully saturated rings. The van der Waals surface area contributed by atoms with Crippen LogP contribution < -0.4 is 5.32 Å². The van der Waals surface area contributed by atoms with E-state index in [-0.39, 0.29) is 0 Å². The second-order valence-corrected chi connectivity index (χ2v) is 3.86. The average Bonchev–Trinajstić information content (AvgIpc) is 2.28. The Morgan fingerprint density at radius 3 is 3.00 bits per heavy atom. The predicted molar refractivity (Wildman–Crippen MR) is 52.6 cm³/mol. The van der Waals surface area contributed by atoms with Crippen LogP contribution in [0, 0.1) is 11.3 Å². The molecule has 0 aromatic carbocycles. The van der Waals surface area contributed by atoms with E-state index in [0.717, 1.165) is 12.3 Å². The first-order chi connectivity index (χ1) is 5.74. The zero-order valence-electron chi connectivity index (χ0n) is 8.19. The smallest absolute Gasteiger partial charge is 0.0933 e. The summed E-state index contributed by atoms with van der Waals surface area (Å²) in [5.74, 6) is 1.46. The van der Waals surface area contributed by atoms with Crippen LogP contribution in [0.25, 0.3) is 0 Å². The molecule has 2 heteroatoms. The fourth-order valence-corrected chi connectivity index (χ4v) is 1.75. The van der Waals surface area contributed by atoms with Crippen LogP contribution in [-0.4, -0.2) is 11.9 Å². The molecule has 2 nitrogen and oxygen atoms in total. The Kier molecular flexibility index (Phi) is 3.57. The van der Waals surface area contributed by atoms with Crippen LogP contribution in [0.15, 0.2) is 0 Å². The Labute approximate surface area is 75.3 Å². The monoisotopic (exact) mass is 168 g/mol. The minimum absolute atomic E-state index is 0.560. The van der Waals surface area contributed by atoms with Gasteiger partial charge in [-0.25, -0.2) is 0 Å². The first-order valence-corrected chi connectivity index (χ1v) is 5.08. The van der Waals surface area contributed by atoms with Crippen LogP contribution in [0.4, 0.5) is 0 Å². The van der Waals surface area contributed by atoms with E-state index in [0.29, 0.717) is 12.0 Å². The molecule has 0 aliphatic carbocycles. The van der Waals surface area contributed by atoms with Crippen LogP contribution in [0.1, 0.15) is 46.0 Å². The van der Waals surface area contributed by atoms with Gasteiger partial charge in [0, 0.05) is 12.5 Å². The Bertz CT molecular complexity index is 154. The normalized spacial score (nSPS) is 27.5. The van der Waals surface area contributed by atoms with E-state index in [2.05, 4.69) is 19.2 Å². The summed E-state index contributed by atoms with van der Waals surface area (Å²) >= 11 is 0. The van der Waals surface area contributed by atoms with Gasteiger partial charge in [-0.15, -0.1) is 0 Å². The summed E-state index contributed by atoms with van der Waals surface area (Å²) in [6, 6.07) is 0.560. The lowest BCUT2D eigenvalue weighted by Crippen LogP contribution is -2.37. The van der Waals surface area contributed by atoms with Crippen LogP contribution in [-0.2, 0) is 0 Å². The Hall–Kier alpha value is -0.530. The van der Waals surface area contributed by atoms with Gasteiger partial charge in [-0.05, 0) is 18.8 Å². The van der Waals surface area contributed by atoms with Crippen molar-refractivity contribution in [2.45, 2.75) is 52.0 Å². The van der Waals surface area contributed by atoms with E-state index in [1.165, 1.54) is 25.7 Å². The van der Waals surface area contributed by atoms with E-state index in [1.807, 2.05) is 0 Å². The summed E-state index contributed by atoms with van der Waals surface area (Å²) in [6.07, 6.45) is 5.89. The maximum absolute atomic E-state index is 7.62. The van der Waals surface area contributed by atoms with Crippen LogP contribution >= 0.6 is 0 Å². The molecule has 12 heavy (non-hydrogen) atoms. The average molecular weight is 168 g/mol. The van der Waals surface area contributed by atoms with Crippen LogP contribution in [0.5, 0.6) is 0 Å². The molecule has 2 atom stereocenters. The Balaban J connectivity index is 2.46. The van der Waals surface area contributed by atoms with Crippen molar-refractivity contribution >= 4 is 5.84 Å². The molecule has 1 saturated heterocycles. The van der Waals surface area contributed by atoms with Gasteiger partial charge < -0.3 is 5.32 Å². The molecule has 70 valence electrons. The molecule has 0 aromatic rings. The number of hydrogen-bond donors (Lipinski definition) is 2. The SMILES string of the molecule is CCC(C)C1CCCCC(=N)N1. The van der Waals surface area contributed by atoms with Gasteiger partial charge in [0.1, 0.15) is 0 Å². The van der Waals surface area contributed by atoms with Gasteiger partial charge in [-0.1, -0.05) is 26.7 Å². The zero-order chi connectivity index (χ0) is 8.97. The van der Waals surface area contributed by atoms with Crippen molar-refractivity contribution in [3.8, 4) is 0 Å². The number of nitrogens with one attached hydrogen (secondary N) is 2. The predicted octanol–water partition coefficient (Wildman–Crippen LogP) is 2.54. The van der Waals surface area contributed by atoms with E-state index in [4.69, 9.17) is 5.41 Å². The minimum atomic E-state index is 0.560. The van der Waals surface area contributed by atoms with Crippen molar-refractivity contribution in [1.82, 2.24) is 5.32 Å². The highest BCUT2D eigenvalue weighted by Crippen LogP contribution is 2.17. The summed E-state index contributed by atoms with van der Waals surface area (Å²) in [5, 5.41) is 10.9. The number of rotatable bonds is 2. The van der Waals surface area contributed by atoms with E-state index < -0.39 is 0 Å². The molecule has 1 rings (SSSR count). The third-order valence-electron chi connectivity index (χ3n) is 2.88. The zero-order valence-corrected chi connectivity index (χ0v) is 8.19. The molecular weight excluding hydrogens is 148 g/mol. The van der Waals surface area contributed by atoms with Gasteiger partial charge in [0.25, 0.3) is 0 Å². The standard InChI is InChI=1S/C10H20N2/c1-3-8(2)9-6-4-5-7-10(11)12-9/h8-9H,3-7H2,1-2H3,(H2,11,12). The first kappa shape index (κ1) is 9.56. The largest absolute Gasteiger partial charge is 0.371 e. The molecule has 1 heterocycles. The quantitative estimate of drug-likeness (QED) is 0.653. The molecule has 0 bridgehead atoms. The van der Waals surface area contributed by atoms with Crippen molar-refractivity contribution in [2.75, 3.05) is 0 Å². The fourth-order valence-electron chi connectivity index (χ4n) is 1.75. The van der Waals surface area contributed by atoms with Gasteiger partial charge in [0.2, 0.25) is 0 Å². The molecular formula is C10H20N2. The summed E-state index contributed by atoms with van der Waals surface area (Å²) in [4.78, 5) is 0. The molecule has 0 spiro atoms. The maximum atomic E-state index is 7.62. The summed E-state index contributed by atoms with van der Waals surface area (Å²) in [7, 11) is 0. The van der Waals surface area contributed by atoms with Gasteiger partial charge in [0.15, 0.2) is 0 Å². The Morgan fingerprint density at radius 2 is 2.33 bits per heavy atom. The molecule has 2 unspecified atom stereocenters. The highest BCUT2D eigenvalue weighted by molar-refractivity contribution is 5.79. The summed E-state index contributed by atoms with van der Waals surface area (Å²) < 4.78 is 0. The van der Waals surface area contributed by atoms with Crippen LogP contribution in [0.2, 0.25) is 0 Å². The number of hydrogen-bond acceptors (Lipinski definition) is 1. The van der Waals surface area contributed by atoms with Crippen molar-refractivity contribution in [3.63, 3.8) is 0 Å². The van der Waals surface area contributed by atoms with Gasteiger partial charge in [-0.2, -0.15) is 0 Å². The lowest BCUT2D eigenvalue weighted by atomic mass is 9.95. The van der Waals surface area contributed by atoms with Crippen molar-refractivity contribution < 1.29 is 0 Å². The third kappa shape index (κ3) is 2.50. The molecule has 2 N–H and O–H groups in total. The summed E-state index contributed by atoms with van der Waals surface area (Å²) in [6.45, 7) is 4.50. The van der Waals surface area contributed by atoms with Crippen molar-refractivity contribution in [1.29, 1.82) is 5.41 Å². The molecule has 1 aliphatic heterocycles. The van der Waals surface area contributed by atoms with Gasteiger partial charge in [-0.3, -0.25) is 5.41 Å². The lowest BCUT2D eigenvalue weighted by molar-refractivity contribution is 0.388. The van der Waals surface area contributed by atoms with E-state index in [9.17, 15) is 0 Å². The second kappa shape index (κ2) is 4.48. The van der Waals surface area contributed by atoms with Crippen LogP contribution in [0.3, 0.4) is 0 Å². The van der Waals surface area contributed by atoms with Crippen molar-refractivity contribution in [2.24, 2.45) is 5.92 Å². The Morgan fingerprint density at radius 1 is 1.58 bits per heavy atom. The minimum Gasteiger partial charge on any atom is -0.371 e. The van der Waals surface area contributed by atoms with Crippen molar-refractivity contribution in [3.05, 3.63) is 0 Å².